The van der Waals surface area contributed by atoms with Gasteiger partial charge in [-0.3, -0.25) is 13.6 Å². The van der Waals surface area contributed by atoms with Gasteiger partial charge in [-0.25, -0.2) is 4.57 Å². The van der Waals surface area contributed by atoms with Gasteiger partial charge in [0, 0.05) is 0 Å². The molecule has 0 amide bonds. The standard InChI is InChI=1S/C8H19O4P/c1-4-7-8-12-13(9,10-5-2)11-6-3/h4-8H2,1-3H3. The van der Waals surface area contributed by atoms with Crippen molar-refractivity contribution in [3.63, 3.8) is 0 Å². The molecule has 0 rings (SSSR count). The van der Waals surface area contributed by atoms with Crippen LogP contribution in [0, 0.1) is 0 Å². The first-order chi connectivity index (χ1) is 6.18. The molecular weight excluding hydrogens is 191 g/mol. The van der Waals surface area contributed by atoms with Crippen LogP contribution < -0.4 is 0 Å². The minimum atomic E-state index is -3.25. The Bertz CT molecular complexity index is 150. The third-order valence-corrected chi connectivity index (χ3v) is 2.97. The van der Waals surface area contributed by atoms with Crippen molar-refractivity contribution in [2.75, 3.05) is 19.8 Å². The summed E-state index contributed by atoms with van der Waals surface area (Å²) in [5, 5.41) is 0. The molecule has 0 aromatic heterocycles. The van der Waals surface area contributed by atoms with Gasteiger partial charge in [0.25, 0.3) is 0 Å². The quantitative estimate of drug-likeness (QED) is 0.456. The van der Waals surface area contributed by atoms with E-state index in [4.69, 9.17) is 13.6 Å². The molecule has 0 aliphatic rings. The van der Waals surface area contributed by atoms with Crippen LogP contribution in [0.4, 0.5) is 0 Å². The van der Waals surface area contributed by atoms with Crippen molar-refractivity contribution in [2.24, 2.45) is 0 Å². The first-order valence-electron chi connectivity index (χ1n) is 4.72. The van der Waals surface area contributed by atoms with E-state index in [1.165, 1.54) is 0 Å². The van der Waals surface area contributed by atoms with Crippen LogP contribution in [0.1, 0.15) is 33.6 Å². The molecule has 0 aromatic rings. The van der Waals surface area contributed by atoms with E-state index in [9.17, 15) is 4.57 Å². The maximum atomic E-state index is 11.6. The largest absolute Gasteiger partial charge is 0.474 e. The summed E-state index contributed by atoms with van der Waals surface area (Å²) in [5.74, 6) is 0. The van der Waals surface area contributed by atoms with Crippen molar-refractivity contribution < 1.29 is 18.1 Å². The van der Waals surface area contributed by atoms with Crippen LogP contribution in [-0.4, -0.2) is 19.8 Å². The summed E-state index contributed by atoms with van der Waals surface area (Å²) in [5.41, 5.74) is 0. The monoisotopic (exact) mass is 210 g/mol. The molecular formula is C8H19O4P. The van der Waals surface area contributed by atoms with Gasteiger partial charge in [0.2, 0.25) is 0 Å². The minimum Gasteiger partial charge on any atom is -0.287 e. The normalized spacial score (nSPS) is 11.9. The van der Waals surface area contributed by atoms with E-state index < -0.39 is 7.82 Å². The number of hydrogen-bond acceptors (Lipinski definition) is 4. The van der Waals surface area contributed by atoms with E-state index in [0.717, 1.165) is 12.8 Å². The second kappa shape index (κ2) is 7.51. The Hall–Kier alpha value is 0.110. The molecule has 0 aliphatic carbocycles. The highest BCUT2D eigenvalue weighted by Crippen LogP contribution is 2.49. The number of phosphoric ester groups is 1. The molecule has 0 saturated heterocycles. The maximum absolute atomic E-state index is 11.6. The SMILES string of the molecule is CCCCOP(=O)(OCC)OCC. The van der Waals surface area contributed by atoms with E-state index >= 15 is 0 Å². The lowest BCUT2D eigenvalue weighted by molar-refractivity contribution is 0.120. The van der Waals surface area contributed by atoms with Gasteiger partial charge in [0.1, 0.15) is 0 Å². The fraction of sp³-hybridized carbons (Fsp3) is 1.00. The molecule has 0 heterocycles. The summed E-state index contributed by atoms with van der Waals surface area (Å²) in [7, 11) is -3.25. The van der Waals surface area contributed by atoms with E-state index in [-0.39, 0.29) is 0 Å². The predicted molar refractivity (Wildman–Crippen MR) is 51.7 cm³/mol. The Kier molecular flexibility index (Phi) is 7.57. The third-order valence-electron chi connectivity index (χ3n) is 1.32. The van der Waals surface area contributed by atoms with Gasteiger partial charge in [-0.2, -0.15) is 0 Å². The van der Waals surface area contributed by atoms with Gasteiger partial charge < -0.3 is 0 Å². The van der Waals surface area contributed by atoms with Crippen molar-refractivity contribution in [1.29, 1.82) is 0 Å². The Morgan fingerprint density at radius 2 is 1.54 bits per heavy atom. The van der Waals surface area contributed by atoms with Gasteiger partial charge in [-0.05, 0) is 20.3 Å². The second-order valence-corrected chi connectivity index (χ2v) is 4.14. The van der Waals surface area contributed by atoms with E-state index in [1.54, 1.807) is 13.8 Å². The Morgan fingerprint density at radius 3 is 1.92 bits per heavy atom. The van der Waals surface area contributed by atoms with Crippen molar-refractivity contribution >= 4 is 7.82 Å². The van der Waals surface area contributed by atoms with Crippen LogP contribution in [0.25, 0.3) is 0 Å². The molecule has 0 fully saturated rings. The molecule has 4 nitrogen and oxygen atoms in total. The average Bonchev–Trinajstić information content (AvgIpc) is 2.05. The topological polar surface area (TPSA) is 44.8 Å². The molecule has 13 heavy (non-hydrogen) atoms. The molecule has 0 N–H and O–H groups in total. The van der Waals surface area contributed by atoms with Gasteiger partial charge in [-0.1, -0.05) is 13.3 Å². The molecule has 0 bridgehead atoms. The van der Waals surface area contributed by atoms with Gasteiger partial charge >= 0.3 is 7.82 Å². The Balaban J connectivity index is 3.85. The zero-order valence-electron chi connectivity index (χ0n) is 8.62. The van der Waals surface area contributed by atoms with Crippen LogP contribution in [0.5, 0.6) is 0 Å². The summed E-state index contributed by atoms with van der Waals surface area (Å²) >= 11 is 0. The van der Waals surface area contributed by atoms with E-state index in [1.807, 2.05) is 6.92 Å². The third kappa shape index (κ3) is 6.22. The number of phosphoric acid groups is 1. The smallest absolute Gasteiger partial charge is 0.287 e. The summed E-state index contributed by atoms with van der Waals surface area (Å²) in [6.45, 7) is 6.65. The highest BCUT2D eigenvalue weighted by atomic mass is 31.2. The number of hydrogen-bond donors (Lipinski definition) is 0. The molecule has 0 aromatic carbocycles. The molecule has 0 radical (unpaired) electrons. The second-order valence-electron chi connectivity index (χ2n) is 2.47. The molecule has 5 heteroatoms. The number of unbranched alkanes of at least 4 members (excludes halogenated alkanes) is 1. The van der Waals surface area contributed by atoms with Gasteiger partial charge in [-0.15, -0.1) is 0 Å². The Morgan fingerprint density at radius 1 is 1.00 bits per heavy atom. The van der Waals surface area contributed by atoms with Crippen LogP contribution in [-0.2, 0) is 18.1 Å². The minimum absolute atomic E-state index is 0.337. The van der Waals surface area contributed by atoms with Crippen LogP contribution in [0.3, 0.4) is 0 Å². The fourth-order valence-electron chi connectivity index (χ4n) is 0.749. The van der Waals surface area contributed by atoms with Crippen molar-refractivity contribution in [1.82, 2.24) is 0 Å². The molecule has 0 spiro atoms. The lowest BCUT2D eigenvalue weighted by atomic mass is 10.4. The van der Waals surface area contributed by atoms with E-state index in [2.05, 4.69) is 0 Å². The number of rotatable bonds is 8. The molecule has 0 unspecified atom stereocenters. The first-order valence-corrected chi connectivity index (χ1v) is 6.18. The highest BCUT2D eigenvalue weighted by Gasteiger charge is 2.24. The lowest BCUT2D eigenvalue weighted by Crippen LogP contribution is -2.01. The summed E-state index contributed by atoms with van der Waals surface area (Å²) in [4.78, 5) is 0. The van der Waals surface area contributed by atoms with Crippen LogP contribution in [0.2, 0.25) is 0 Å². The lowest BCUT2D eigenvalue weighted by Gasteiger charge is -2.15. The fourth-order valence-corrected chi connectivity index (χ4v) is 1.96. The zero-order valence-corrected chi connectivity index (χ0v) is 9.51. The van der Waals surface area contributed by atoms with Crippen LogP contribution in [0.15, 0.2) is 0 Å². The molecule has 0 atom stereocenters. The summed E-state index contributed by atoms with van der Waals surface area (Å²) in [6.07, 6.45) is 1.86. The summed E-state index contributed by atoms with van der Waals surface area (Å²) in [6, 6.07) is 0. The maximum Gasteiger partial charge on any atom is 0.474 e. The average molecular weight is 210 g/mol. The highest BCUT2D eigenvalue weighted by molar-refractivity contribution is 7.48. The van der Waals surface area contributed by atoms with Crippen molar-refractivity contribution in [2.45, 2.75) is 33.6 Å². The summed E-state index contributed by atoms with van der Waals surface area (Å²) < 4.78 is 26.5. The van der Waals surface area contributed by atoms with Crippen molar-refractivity contribution in [3.8, 4) is 0 Å². The van der Waals surface area contributed by atoms with E-state index in [0.29, 0.717) is 19.8 Å². The van der Waals surface area contributed by atoms with Gasteiger partial charge in [0.15, 0.2) is 0 Å². The van der Waals surface area contributed by atoms with Crippen LogP contribution >= 0.6 is 7.82 Å². The molecule has 80 valence electrons. The Labute approximate surface area is 80.2 Å². The first kappa shape index (κ1) is 13.1. The molecule has 0 aliphatic heterocycles. The predicted octanol–water partition coefficient (Wildman–Crippen LogP) is 2.98. The zero-order chi connectivity index (χ0) is 10.2. The van der Waals surface area contributed by atoms with Crippen molar-refractivity contribution in [3.05, 3.63) is 0 Å². The molecule has 0 saturated carbocycles. The van der Waals surface area contributed by atoms with Gasteiger partial charge in [0.05, 0.1) is 19.8 Å².